The molecule has 2 aromatic rings. The number of aliphatic hydroxyl groups is 1. The van der Waals surface area contributed by atoms with Crippen molar-refractivity contribution in [3.05, 3.63) is 41.7 Å². The van der Waals surface area contributed by atoms with E-state index in [1.165, 1.54) is 0 Å². The number of amides is 1. The minimum absolute atomic E-state index is 0.0275. The van der Waals surface area contributed by atoms with Crippen molar-refractivity contribution >= 4 is 11.7 Å². The van der Waals surface area contributed by atoms with Gasteiger partial charge in [0.05, 0.1) is 18.4 Å². The Bertz CT molecular complexity index is 944. The van der Waals surface area contributed by atoms with Crippen LogP contribution >= 0.6 is 0 Å². The summed E-state index contributed by atoms with van der Waals surface area (Å²) in [6.45, 7) is 16.5. The van der Waals surface area contributed by atoms with Crippen molar-refractivity contribution in [3.63, 3.8) is 0 Å². The lowest BCUT2D eigenvalue weighted by molar-refractivity contribution is -0.0111. The molecule has 8 heteroatoms. The molecule has 1 unspecified atom stereocenters. The molecular weight excluding hydrogens is 430 g/mol. The Hall–Kier alpha value is -2.45. The van der Waals surface area contributed by atoms with Crippen molar-refractivity contribution in [2.24, 2.45) is 11.8 Å². The van der Waals surface area contributed by atoms with Gasteiger partial charge in [0, 0.05) is 43.2 Å². The van der Waals surface area contributed by atoms with Crippen LogP contribution in [0.3, 0.4) is 0 Å². The van der Waals surface area contributed by atoms with Crippen LogP contribution in [0.5, 0.6) is 0 Å². The van der Waals surface area contributed by atoms with E-state index in [0.29, 0.717) is 42.8 Å². The molecule has 3 N–H and O–H groups in total. The summed E-state index contributed by atoms with van der Waals surface area (Å²) in [7, 11) is 0. The largest absolute Gasteiger partial charge is 0.467 e. The first-order valence-electron chi connectivity index (χ1n) is 12.2. The molecule has 1 aliphatic heterocycles. The Kier molecular flexibility index (Phi) is 8.03. The third-order valence-corrected chi connectivity index (χ3v) is 6.29. The zero-order chi connectivity index (χ0) is 25.1. The molecule has 1 fully saturated rings. The van der Waals surface area contributed by atoms with Gasteiger partial charge in [-0.15, -0.1) is 0 Å². The summed E-state index contributed by atoms with van der Waals surface area (Å²) in [5.41, 5.74) is -0.621. The number of nitrogens with zero attached hydrogens (tertiary/aromatic N) is 3. The zero-order valence-electron chi connectivity index (χ0n) is 21.7. The van der Waals surface area contributed by atoms with E-state index in [-0.39, 0.29) is 23.3 Å². The Morgan fingerprint density at radius 2 is 2.03 bits per heavy atom. The first-order chi connectivity index (χ1) is 15.9. The average Bonchev–Trinajstić information content (AvgIpc) is 3.28. The first kappa shape index (κ1) is 26.2. The molecular formula is C26H41N5O3. The summed E-state index contributed by atoms with van der Waals surface area (Å²) in [4.78, 5) is 25.2. The first-order valence-corrected chi connectivity index (χ1v) is 12.2. The smallest absolute Gasteiger partial charge is 0.259 e. The summed E-state index contributed by atoms with van der Waals surface area (Å²) in [5, 5.41) is 17.3. The summed E-state index contributed by atoms with van der Waals surface area (Å²) < 4.78 is 5.46. The van der Waals surface area contributed by atoms with Crippen LogP contribution in [-0.4, -0.2) is 57.2 Å². The lowest BCUT2D eigenvalue weighted by Crippen LogP contribution is -2.55. The van der Waals surface area contributed by atoms with Crippen LogP contribution < -0.4 is 10.6 Å². The van der Waals surface area contributed by atoms with Crippen molar-refractivity contribution in [3.8, 4) is 0 Å². The van der Waals surface area contributed by atoms with Crippen LogP contribution in [0.15, 0.2) is 29.0 Å². The number of carbonyl (C=O) groups excluding carboxylic acids is 1. The molecule has 188 valence electrons. The van der Waals surface area contributed by atoms with Gasteiger partial charge in [-0.3, -0.25) is 4.79 Å². The van der Waals surface area contributed by atoms with Crippen LogP contribution in [0, 0.1) is 11.8 Å². The van der Waals surface area contributed by atoms with Crippen molar-refractivity contribution in [1.29, 1.82) is 0 Å². The highest BCUT2D eigenvalue weighted by atomic mass is 16.3. The quantitative estimate of drug-likeness (QED) is 0.538. The summed E-state index contributed by atoms with van der Waals surface area (Å²) in [6, 6.07) is 3.69. The van der Waals surface area contributed by atoms with Crippen LogP contribution in [0.4, 0.5) is 5.82 Å². The Labute approximate surface area is 203 Å². The van der Waals surface area contributed by atoms with E-state index in [0.717, 1.165) is 18.7 Å². The molecule has 0 radical (unpaired) electrons. The molecule has 0 spiro atoms. The number of rotatable bonds is 8. The minimum Gasteiger partial charge on any atom is -0.467 e. The third-order valence-electron chi connectivity index (χ3n) is 6.29. The molecule has 1 saturated heterocycles. The van der Waals surface area contributed by atoms with E-state index in [9.17, 15) is 9.90 Å². The van der Waals surface area contributed by atoms with Crippen molar-refractivity contribution in [1.82, 2.24) is 20.2 Å². The zero-order valence-corrected chi connectivity index (χ0v) is 21.7. The maximum absolute atomic E-state index is 14.0. The number of piperidine rings is 1. The van der Waals surface area contributed by atoms with Gasteiger partial charge < -0.3 is 25.1 Å². The highest BCUT2D eigenvalue weighted by molar-refractivity contribution is 5.98. The predicted octanol–water partition coefficient (Wildman–Crippen LogP) is 3.83. The average molecular weight is 472 g/mol. The Morgan fingerprint density at radius 3 is 2.62 bits per heavy atom. The van der Waals surface area contributed by atoms with E-state index in [1.807, 2.05) is 30.9 Å². The molecule has 34 heavy (non-hydrogen) atoms. The number of hydrogen-bond acceptors (Lipinski definition) is 7. The molecule has 3 rings (SSSR count). The number of hydrogen-bond donors (Lipinski definition) is 3. The van der Waals surface area contributed by atoms with Gasteiger partial charge in [-0.2, -0.15) is 0 Å². The van der Waals surface area contributed by atoms with E-state index < -0.39 is 5.60 Å². The van der Waals surface area contributed by atoms with Crippen molar-refractivity contribution in [2.45, 2.75) is 78.5 Å². The molecule has 1 amide bonds. The van der Waals surface area contributed by atoms with E-state index >= 15 is 0 Å². The fourth-order valence-corrected chi connectivity index (χ4v) is 4.26. The van der Waals surface area contributed by atoms with Crippen LogP contribution in [0.25, 0.3) is 0 Å². The molecule has 2 aromatic heterocycles. The van der Waals surface area contributed by atoms with E-state index in [1.54, 1.807) is 12.5 Å². The second kappa shape index (κ2) is 10.4. The predicted molar refractivity (Wildman–Crippen MR) is 134 cm³/mol. The van der Waals surface area contributed by atoms with Gasteiger partial charge in [0.15, 0.2) is 0 Å². The van der Waals surface area contributed by atoms with Gasteiger partial charge in [0.25, 0.3) is 5.91 Å². The molecule has 2 atom stereocenters. The topological polar surface area (TPSA) is 104 Å². The second-order valence-electron chi connectivity index (χ2n) is 11.4. The van der Waals surface area contributed by atoms with Gasteiger partial charge >= 0.3 is 0 Å². The van der Waals surface area contributed by atoms with Crippen LogP contribution in [-0.2, 0) is 12.0 Å². The van der Waals surface area contributed by atoms with Gasteiger partial charge in [-0.25, -0.2) is 9.97 Å². The van der Waals surface area contributed by atoms with E-state index in [4.69, 9.17) is 9.40 Å². The molecule has 8 nitrogen and oxygen atoms in total. The van der Waals surface area contributed by atoms with Gasteiger partial charge in [-0.05, 0) is 38.3 Å². The number of anilines is 1. The number of aromatic nitrogens is 2. The normalized spacial score (nSPS) is 19.3. The summed E-state index contributed by atoms with van der Waals surface area (Å²) >= 11 is 0. The van der Waals surface area contributed by atoms with E-state index in [2.05, 4.69) is 50.2 Å². The monoisotopic (exact) mass is 471 g/mol. The molecule has 1 aliphatic rings. The second-order valence-corrected chi connectivity index (χ2v) is 11.4. The standard InChI is InChI=1S/C26H41N5O3/c1-17(2)16-31(19-11-18(12-27-13-19)26(6,7)33)23(32)21-15-29-24(25(3,4)5)30-22(21)28-14-20-9-8-10-34-20/h8-10,15,17-19,27,33H,11-14,16H2,1-7H3,(H,28,29,30)/t18-,19?/m1/s1. The van der Waals surface area contributed by atoms with Crippen molar-refractivity contribution in [2.75, 3.05) is 25.0 Å². The third kappa shape index (κ3) is 6.57. The van der Waals surface area contributed by atoms with Crippen LogP contribution in [0.1, 0.15) is 76.8 Å². The highest BCUT2D eigenvalue weighted by Gasteiger charge is 2.37. The molecule has 0 bridgehead atoms. The number of carbonyl (C=O) groups is 1. The highest BCUT2D eigenvalue weighted by Crippen LogP contribution is 2.29. The fourth-order valence-electron chi connectivity index (χ4n) is 4.26. The lowest BCUT2D eigenvalue weighted by atomic mass is 9.82. The summed E-state index contributed by atoms with van der Waals surface area (Å²) in [5.74, 6) is 2.20. The maximum Gasteiger partial charge on any atom is 0.259 e. The minimum atomic E-state index is -0.814. The van der Waals surface area contributed by atoms with Crippen molar-refractivity contribution < 1.29 is 14.3 Å². The number of nitrogens with one attached hydrogen (secondary N) is 2. The Morgan fingerprint density at radius 1 is 1.29 bits per heavy atom. The van der Waals surface area contributed by atoms with Gasteiger partial charge in [0.1, 0.15) is 23.0 Å². The van der Waals surface area contributed by atoms with Gasteiger partial charge in [-0.1, -0.05) is 34.6 Å². The molecule has 0 saturated carbocycles. The van der Waals surface area contributed by atoms with Gasteiger partial charge in [0.2, 0.25) is 0 Å². The van der Waals surface area contributed by atoms with Crippen LogP contribution in [0.2, 0.25) is 0 Å². The fraction of sp³-hybridized carbons (Fsp3) is 0.654. The SMILES string of the molecule is CC(C)CN(C(=O)c1cnc(C(C)(C)C)nc1NCc1ccco1)C1CNC[C@H](C(C)(C)O)C1. The molecule has 3 heterocycles. The Balaban J connectivity index is 1.94. The molecule has 0 aliphatic carbocycles. The maximum atomic E-state index is 14.0. The summed E-state index contributed by atoms with van der Waals surface area (Å²) in [6.07, 6.45) is 4.02. The number of furan rings is 1. The molecule has 0 aromatic carbocycles. The lowest BCUT2D eigenvalue weighted by Gasteiger charge is -2.42.